The van der Waals surface area contributed by atoms with Crippen molar-refractivity contribution < 1.29 is 13.9 Å². The zero-order valence-electron chi connectivity index (χ0n) is 16.6. The van der Waals surface area contributed by atoms with Gasteiger partial charge in [-0.25, -0.2) is 19.2 Å². The number of nitrogens with one attached hydrogen (secondary N) is 1. The highest BCUT2D eigenvalue weighted by atomic mass is 19.1. The molecule has 4 atom stereocenters. The number of amides is 1. The molecular weight excluding hydrogens is 349 g/mol. The molecule has 3 heterocycles. The lowest BCUT2D eigenvalue weighted by Crippen LogP contribution is -2.59. The Bertz CT molecular complexity index is 767. The lowest BCUT2D eigenvalue weighted by Gasteiger charge is -2.45. The van der Waals surface area contributed by atoms with E-state index in [1.54, 1.807) is 4.90 Å². The normalized spacial score (nSPS) is 32.3. The Morgan fingerprint density at radius 2 is 2.00 bits per heavy atom. The number of nitrogens with zero attached hydrogens (tertiary/aromatic N) is 4. The fraction of sp³-hybridized carbons (Fsp3) is 0.737. The highest BCUT2D eigenvalue weighted by Crippen LogP contribution is 2.58. The van der Waals surface area contributed by atoms with Crippen LogP contribution in [0.1, 0.15) is 46.6 Å². The Labute approximate surface area is 159 Å². The fourth-order valence-corrected chi connectivity index (χ4v) is 4.22. The predicted molar refractivity (Wildman–Crippen MR) is 101 cm³/mol. The summed E-state index contributed by atoms with van der Waals surface area (Å²) < 4.78 is 19.8. The van der Waals surface area contributed by atoms with Gasteiger partial charge < -0.3 is 19.9 Å². The number of carbonyl (C=O) groups is 1. The molecule has 7 nitrogen and oxygen atoms in total. The van der Waals surface area contributed by atoms with Crippen molar-refractivity contribution in [1.29, 1.82) is 0 Å². The molecule has 4 rings (SSSR count). The van der Waals surface area contributed by atoms with Crippen LogP contribution in [0.3, 0.4) is 0 Å². The minimum atomic E-state index is -0.841. The molecule has 1 aromatic heterocycles. The van der Waals surface area contributed by atoms with Gasteiger partial charge in [0.2, 0.25) is 0 Å². The maximum absolute atomic E-state index is 14.2. The zero-order chi connectivity index (χ0) is 19.6. The molecule has 0 aromatic carbocycles. The first kappa shape index (κ1) is 18.3. The summed E-state index contributed by atoms with van der Waals surface area (Å²) in [5.74, 6) is 1.54. The third kappa shape index (κ3) is 2.99. The first-order valence-electron chi connectivity index (χ1n) is 9.62. The highest BCUT2D eigenvalue weighted by Gasteiger charge is 2.62. The van der Waals surface area contributed by atoms with Crippen LogP contribution < -0.4 is 10.2 Å². The molecule has 2 unspecified atom stereocenters. The van der Waals surface area contributed by atoms with E-state index in [2.05, 4.69) is 27.1 Å². The standard InChI is InChI=1S/C19H28FN5O2/c1-11-8-25(17(26)27-18(3,4)5)12(2)7-24(11)16-14-15(22-10-23-16)21-9-19(14)6-13(19)20/h10-13H,6-9H2,1-5H3,(H,21,22,23)/t11-,12+,13?,19?/m0/s1. The van der Waals surface area contributed by atoms with E-state index in [1.807, 2.05) is 27.7 Å². The number of alkyl halides is 1. The summed E-state index contributed by atoms with van der Waals surface area (Å²) in [5.41, 5.74) is -0.0931. The van der Waals surface area contributed by atoms with Crippen molar-refractivity contribution in [3.63, 3.8) is 0 Å². The molecule has 3 aliphatic rings. The van der Waals surface area contributed by atoms with Crippen molar-refractivity contribution in [1.82, 2.24) is 14.9 Å². The van der Waals surface area contributed by atoms with E-state index in [1.165, 1.54) is 6.33 Å². The minimum absolute atomic E-state index is 0.0349. The van der Waals surface area contributed by atoms with Gasteiger partial charge in [0.05, 0.1) is 5.41 Å². The molecule has 1 spiro atoms. The van der Waals surface area contributed by atoms with Crippen LogP contribution in [0, 0.1) is 0 Å². The van der Waals surface area contributed by atoms with E-state index in [-0.39, 0.29) is 18.2 Å². The average Bonchev–Trinajstić information content (AvgIpc) is 3.06. The Morgan fingerprint density at radius 1 is 1.30 bits per heavy atom. The average molecular weight is 377 g/mol. The van der Waals surface area contributed by atoms with E-state index < -0.39 is 17.2 Å². The second-order valence-corrected chi connectivity index (χ2v) is 9.09. The molecule has 148 valence electrons. The summed E-state index contributed by atoms with van der Waals surface area (Å²) in [6.07, 6.45) is 0.924. The van der Waals surface area contributed by atoms with Crippen LogP contribution in [-0.4, -0.2) is 64.5 Å². The van der Waals surface area contributed by atoms with Gasteiger partial charge in [-0.3, -0.25) is 0 Å². The summed E-state index contributed by atoms with van der Waals surface area (Å²) >= 11 is 0. The topological polar surface area (TPSA) is 70.6 Å². The molecule has 0 radical (unpaired) electrons. The molecule has 1 N–H and O–H groups in total. The van der Waals surface area contributed by atoms with Crippen molar-refractivity contribution in [3.05, 3.63) is 11.9 Å². The molecular formula is C19H28FN5O2. The van der Waals surface area contributed by atoms with Gasteiger partial charge in [0.15, 0.2) is 0 Å². The van der Waals surface area contributed by atoms with Gasteiger partial charge in [-0.1, -0.05) is 0 Å². The largest absolute Gasteiger partial charge is 0.444 e. The SMILES string of the molecule is C[C@@H]1CN(c2ncnc3c2C2(CN3)CC2F)[C@@H](C)CN1C(=O)OC(C)(C)C. The number of rotatable bonds is 1. The number of aromatic nitrogens is 2. The number of ether oxygens (including phenoxy) is 1. The van der Waals surface area contributed by atoms with Gasteiger partial charge in [0.25, 0.3) is 0 Å². The number of halogens is 1. The Kier molecular flexibility index (Phi) is 4.01. The molecule has 8 heteroatoms. The van der Waals surface area contributed by atoms with Crippen molar-refractivity contribution in [2.75, 3.05) is 29.9 Å². The molecule has 0 bridgehead atoms. The van der Waals surface area contributed by atoms with Gasteiger partial charge >= 0.3 is 6.09 Å². The predicted octanol–water partition coefficient (Wildman–Crippen LogP) is 2.72. The van der Waals surface area contributed by atoms with Gasteiger partial charge in [0, 0.05) is 37.3 Å². The fourth-order valence-electron chi connectivity index (χ4n) is 4.22. The van der Waals surface area contributed by atoms with E-state index in [0.29, 0.717) is 26.1 Å². The van der Waals surface area contributed by atoms with E-state index in [4.69, 9.17) is 4.74 Å². The van der Waals surface area contributed by atoms with Crippen LogP contribution in [0.15, 0.2) is 6.33 Å². The number of piperazine rings is 1. The number of anilines is 2. The molecule has 2 aliphatic heterocycles. The van der Waals surface area contributed by atoms with Crippen LogP contribution in [0.5, 0.6) is 0 Å². The lowest BCUT2D eigenvalue weighted by atomic mass is 9.98. The van der Waals surface area contributed by atoms with Gasteiger partial charge in [-0.05, 0) is 41.0 Å². The maximum atomic E-state index is 14.2. The molecule has 1 saturated heterocycles. The quantitative estimate of drug-likeness (QED) is 0.811. The van der Waals surface area contributed by atoms with Gasteiger partial charge in [-0.15, -0.1) is 0 Å². The molecule has 1 aliphatic carbocycles. The first-order chi connectivity index (χ1) is 12.6. The smallest absolute Gasteiger partial charge is 0.410 e. The Morgan fingerprint density at radius 3 is 2.63 bits per heavy atom. The first-order valence-corrected chi connectivity index (χ1v) is 9.62. The summed E-state index contributed by atoms with van der Waals surface area (Å²) in [6, 6.07) is 0.00883. The summed E-state index contributed by atoms with van der Waals surface area (Å²) in [7, 11) is 0. The third-order valence-corrected chi connectivity index (χ3v) is 5.77. The number of hydrogen-bond donors (Lipinski definition) is 1. The monoisotopic (exact) mass is 377 g/mol. The molecule has 1 saturated carbocycles. The number of hydrogen-bond acceptors (Lipinski definition) is 6. The van der Waals surface area contributed by atoms with Gasteiger partial charge in [0.1, 0.15) is 29.7 Å². The van der Waals surface area contributed by atoms with Crippen LogP contribution in [0.2, 0.25) is 0 Å². The van der Waals surface area contributed by atoms with E-state index >= 15 is 0 Å². The van der Waals surface area contributed by atoms with Crippen molar-refractivity contribution in [2.24, 2.45) is 0 Å². The Hall–Kier alpha value is -2.12. The van der Waals surface area contributed by atoms with Crippen molar-refractivity contribution >= 4 is 17.7 Å². The third-order valence-electron chi connectivity index (χ3n) is 5.77. The van der Waals surface area contributed by atoms with Crippen LogP contribution in [-0.2, 0) is 10.2 Å². The second-order valence-electron chi connectivity index (χ2n) is 9.09. The van der Waals surface area contributed by atoms with E-state index in [9.17, 15) is 9.18 Å². The Balaban J connectivity index is 1.58. The molecule has 1 aromatic rings. The van der Waals surface area contributed by atoms with Crippen molar-refractivity contribution in [2.45, 2.75) is 70.3 Å². The zero-order valence-corrected chi connectivity index (χ0v) is 16.6. The van der Waals surface area contributed by atoms with Crippen LogP contribution in [0.25, 0.3) is 0 Å². The van der Waals surface area contributed by atoms with Crippen LogP contribution >= 0.6 is 0 Å². The van der Waals surface area contributed by atoms with E-state index in [0.717, 1.165) is 17.2 Å². The molecule has 27 heavy (non-hydrogen) atoms. The van der Waals surface area contributed by atoms with Crippen molar-refractivity contribution in [3.8, 4) is 0 Å². The van der Waals surface area contributed by atoms with Crippen LogP contribution in [0.4, 0.5) is 20.8 Å². The second kappa shape index (κ2) is 5.94. The molecule has 2 fully saturated rings. The highest BCUT2D eigenvalue weighted by molar-refractivity contribution is 5.72. The minimum Gasteiger partial charge on any atom is -0.444 e. The lowest BCUT2D eigenvalue weighted by molar-refractivity contribution is 0.0129. The molecule has 1 amide bonds. The number of carbonyl (C=O) groups excluding carboxylic acids is 1. The van der Waals surface area contributed by atoms with Gasteiger partial charge in [-0.2, -0.15) is 0 Å². The number of fused-ring (bicyclic) bond motifs is 2. The summed E-state index contributed by atoms with van der Waals surface area (Å²) in [4.78, 5) is 25.4. The maximum Gasteiger partial charge on any atom is 0.410 e. The summed E-state index contributed by atoms with van der Waals surface area (Å²) in [5, 5.41) is 3.24. The summed E-state index contributed by atoms with van der Waals surface area (Å²) in [6.45, 7) is 11.4.